The SMILES string of the molecule is CCCCCCCCc1c(CCl)ccc(C)c1C. The third-order valence-corrected chi connectivity index (χ3v) is 4.18. The average molecular weight is 267 g/mol. The number of unbranched alkanes of at least 4 members (excludes halogenated alkanes) is 5. The predicted molar refractivity (Wildman–Crippen MR) is 82.6 cm³/mol. The first-order chi connectivity index (χ1) is 8.70. The summed E-state index contributed by atoms with van der Waals surface area (Å²) in [4.78, 5) is 0. The van der Waals surface area contributed by atoms with Crippen LogP contribution in [0.5, 0.6) is 0 Å². The van der Waals surface area contributed by atoms with Gasteiger partial charge in [0.2, 0.25) is 0 Å². The first kappa shape index (κ1) is 15.6. The van der Waals surface area contributed by atoms with Crippen LogP contribution in [0.25, 0.3) is 0 Å². The smallest absolute Gasteiger partial charge is 0.0476 e. The molecule has 102 valence electrons. The summed E-state index contributed by atoms with van der Waals surface area (Å²) in [6.07, 6.45) is 9.35. The molecule has 0 saturated carbocycles. The zero-order chi connectivity index (χ0) is 13.4. The molecule has 1 heteroatoms. The Kier molecular flexibility index (Phi) is 7.42. The Morgan fingerprint density at radius 1 is 0.944 bits per heavy atom. The minimum Gasteiger partial charge on any atom is -0.122 e. The van der Waals surface area contributed by atoms with Crippen molar-refractivity contribution in [2.75, 3.05) is 0 Å². The molecule has 0 atom stereocenters. The van der Waals surface area contributed by atoms with Crippen molar-refractivity contribution in [2.24, 2.45) is 0 Å². The molecule has 0 unspecified atom stereocenters. The van der Waals surface area contributed by atoms with Gasteiger partial charge in [-0.25, -0.2) is 0 Å². The normalized spacial score (nSPS) is 10.9. The Morgan fingerprint density at radius 2 is 1.61 bits per heavy atom. The van der Waals surface area contributed by atoms with Crippen LogP contribution in [-0.4, -0.2) is 0 Å². The van der Waals surface area contributed by atoms with Gasteiger partial charge in [-0.15, -0.1) is 11.6 Å². The van der Waals surface area contributed by atoms with Gasteiger partial charge in [-0.3, -0.25) is 0 Å². The molecular formula is C17H27Cl. The number of rotatable bonds is 8. The highest BCUT2D eigenvalue weighted by atomic mass is 35.5. The van der Waals surface area contributed by atoms with Gasteiger partial charge < -0.3 is 0 Å². The number of halogens is 1. The zero-order valence-corrected chi connectivity index (χ0v) is 12.9. The van der Waals surface area contributed by atoms with Gasteiger partial charge in [-0.05, 0) is 48.9 Å². The van der Waals surface area contributed by atoms with Crippen molar-refractivity contribution in [1.29, 1.82) is 0 Å². The first-order valence-electron chi connectivity index (χ1n) is 7.34. The molecular weight excluding hydrogens is 240 g/mol. The largest absolute Gasteiger partial charge is 0.122 e. The molecule has 1 aromatic rings. The third kappa shape index (κ3) is 4.65. The van der Waals surface area contributed by atoms with Crippen molar-refractivity contribution in [1.82, 2.24) is 0 Å². The van der Waals surface area contributed by atoms with E-state index >= 15 is 0 Å². The van der Waals surface area contributed by atoms with Crippen LogP contribution in [-0.2, 0) is 12.3 Å². The van der Waals surface area contributed by atoms with Crippen molar-refractivity contribution in [3.8, 4) is 0 Å². The summed E-state index contributed by atoms with van der Waals surface area (Å²) < 4.78 is 0. The van der Waals surface area contributed by atoms with Crippen molar-refractivity contribution in [3.63, 3.8) is 0 Å². The van der Waals surface area contributed by atoms with Gasteiger partial charge in [0.25, 0.3) is 0 Å². The van der Waals surface area contributed by atoms with Crippen LogP contribution in [0.2, 0.25) is 0 Å². The lowest BCUT2D eigenvalue weighted by atomic mass is 9.94. The van der Waals surface area contributed by atoms with Gasteiger partial charge in [0.15, 0.2) is 0 Å². The molecule has 1 aromatic carbocycles. The highest BCUT2D eigenvalue weighted by molar-refractivity contribution is 6.17. The van der Waals surface area contributed by atoms with Gasteiger partial charge >= 0.3 is 0 Å². The van der Waals surface area contributed by atoms with Crippen LogP contribution in [0.3, 0.4) is 0 Å². The van der Waals surface area contributed by atoms with E-state index in [2.05, 4.69) is 32.9 Å². The fourth-order valence-electron chi connectivity index (χ4n) is 2.49. The van der Waals surface area contributed by atoms with Crippen LogP contribution in [0.4, 0.5) is 0 Å². The first-order valence-corrected chi connectivity index (χ1v) is 7.88. The van der Waals surface area contributed by atoms with Crippen molar-refractivity contribution in [3.05, 3.63) is 34.4 Å². The number of alkyl halides is 1. The third-order valence-electron chi connectivity index (χ3n) is 3.89. The van der Waals surface area contributed by atoms with Gasteiger partial charge in [-0.1, -0.05) is 51.2 Å². The number of hydrogen-bond donors (Lipinski definition) is 0. The second-order valence-electron chi connectivity index (χ2n) is 5.30. The van der Waals surface area contributed by atoms with Crippen LogP contribution >= 0.6 is 11.6 Å². The second-order valence-corrected chi connectivity index (χ2v) is 5.56. The van der Waals surface area contributed by atoms with E-state index in [0.717, 1.165) is 0 Å². The maximum Gasteiger partial charge on any atom is 0.0476 e. The van der Waals surface area contributed by atoms with Crippen molar-refractivity contribution in [2.45, 2.75) is 71.6 Å². The molecule has 0 nitrogen and oxygen atoms in total. The van der Waals surface area contributed by atoms with E-state index in [1.807, 2.05) is 0 Å². The molecule has 0 heterocycles. The summed E-state index contributed by atoms with van der Waals surface area (Å²) in [5, 5.41) is 0. The maximum absolute atomic E-state index is 6.04. The molecule has 0 saturated heterocycles. The van der Waals surface area contributed by atoms with E-state index in [1.165, 1.54) is 67.2 Å². The molecule has 0 aliphatic carbocycles. The van der Waals surface area contributed by atoms with Gasteiger partial charge in [-0.2, -0.15) is 0 Å². The topological polar surface area (TPSA) is 0 Å². The number of aryl methyl sites for hydroxylation is 1. The van der Waals surface area contributed by atoms with Gasteiger partial charge in [0.05, 0.1) is 0 Å². The summed E-state index contributed by atoms with van der Waals surface area (Å²) in [6.45, 7) is 6.69. The van der Waals surface area contributed by atoms with Crippen molar-refractivity contribution >= 4 is 11.6 Å². The fraction of sp³-hybridized carbons (Fsp3) is 0.647. The molecule has 0 bridgehead atoms. The molecule has 0 N–H and O–H groups in total. The standard InChI is InChI=1S/C17H27Cl/c1-4-5-6-7-8-9-10-17-15(3)14(2)11-12-16(17)13-18/h11-12H,4-10,13H2,1-3H3. The molecule has 0 spiro atoms. The van der Waals surface area contributed by atoms with Gasteiger partial charge in [0, 0.05) is 5.88 Å². The van der Waals surface area contributed by atoms with E-state index in [4.69, 9.17) is 11.6 Å². The molecule has 18 heavy (non-hydrogen) atoms. The lowest BCUT2D eigenvalue weighted by Crippen LogP contribution is -1.98. The van der Waals surface area contributed by atoms with Crippen molar-refractivity contribution < 1.29 is 0 Å². The molecule has 0 aromatic heterocycles. The lowest BCUT2D eigenvalue weighted by Gasteiger charge is -2.13. The fourth-order valence-corrected chi connectivity index (χ4v) is 2.74. The summed E-state index contributed by atoms with van der Waals surface area (Å²) in [5.41, 5.74) is 5.67. The van der Waals surface area contributed by atoms with E-state index in [1.54, 1.807) is 0 Å². The minimum absolute atomic E-state index is 0.645. The Bertz CT molecular complexity index is 355. The Hall–Kier alpha value is -0.490. The minimum atomic E-state index is 0.645. The highest BCUT2D eigenvalue weighted by Crippen LogP contribution is 2.22. The summed E-state index contributed by atoms with van der Waals surface area (Å²) in [6, 6.07) is 4.39. The van der Waals surface area contributed by atoms with Crippen LogP contribution in [0.1, 0.15) is 67.7 Å². The molecule has 0 amide bonds. The van der Waals surface area contributed by atoms with Gasteiger partial charge in [0.1, 0.15) is 0 Å². The number of benzene rings is 1. The zero-order valence-electron chi connectivity index (χ0n) is 12.2. The number of hydrogen-bond acceptors (Lipinski definition) is 0. The molecule has 0 aliphatic heterocycles. The van der Waals surface area contributed by atoms with Crippen LogP contribution in [0, 0.1) is 13.8 Å². The molecule has 0 aliphatic rings. The van der Waals surface area contributed by atoms with E-state index in [-0.39, 0.29) is 0 Å². The van der Waals surface area contributed by atoms with E-state index in [9.17, 15) is 0 Å². The Morgan fingerprint density at radius 3 is 2.28 bits per heavy atom. The maximum atomic E-state index is 6.04. The monoisotopic (exact) mass is 266 g/mol. The summed E-state index contributed by atoms with van der Waals surface area (Å²) in [7, 11) is 0. The molecule has 0 fully saturated rings. The van der Waals surface area contributed by atoms with E-state index in [0.29, 0.717) is 5.88 Å². The summed E-state index contributed by atoms with van der Waals surface area (Å²) >= 11 is 6.04. The summed E-state index contributed by atoms with van der Waals surface area (Å²) in [5.74, 6) is 0.645. The Labute approximate surface area is 118 Å². The Balaban J connectivity index is 2.48. The van der Waals surface area contributed by atoms with Crippen LogP contribution in [0.15, 0.2) is 12.1 Å². The lowest BCUT2D eigenvalue weighted by molar-refractivity contribution is 0.606. The molecule has 1 rings (SSSR count). The average Bonchev–Trinajstić information content (AvgIpc) is 2.38. The quantitative estimate of drug-likeness (QED) is 0.403. The van der Waals surface area contributed by atoms with Crippen LogP contribution < -0.4 is 0 Å². The highest BCUT2D eigenvalue weighted by Gasteiger charge is 2.07. The second kappa shape index (κ2) is 8.58. The predicted octanol–water partition coefficient (Wildman–Crippen LogP) is 5.95. The molecule has 0 radical (unpaired) electrons. The van der Waals surface area contributed by atoms with E-state index < -0.39 is 0 Å².